The molecule has 3 rings (SSSR count). The van der Waals surface area contributed by atoms with E-state index in [2.05, 4.69) is 21.2 Å². The lowest BCUT2D eigenvalue weighted by Crippen LogP contribution is -2.46. The number of hydrogen-bond acceptors (Lipinski definition) is 5. The summed E-state index contributed by atoms with van der Waals surface area (Å²) in [6.45, 7) is 1.74. The first-order valence-corrected chi connectivity index (χ1v) is 10.6. The lowest BCUT2D eigenvalue weighted by Gasteiger charge is -2.34. The molecule has 1 aliphatic heterocycles. The van der Waals surface area contributed by atoms with Gasteiger partial charge in [-0.1, -0.05) is 12.8 Å². The van der Waals surface area contributed by atoms with E-state index in [9.17, 15) is 14.7 Å². The third-order valence-electron chi connectivity index (χ3n) is 5.65. The van der Waals surface area contributed by atoms with E-state index in [1.165, 1.54) is 24.9 Å². The number of nitrogens with one attached hydrogen (secondary N) is 1. The van der Waals surface area contributed by atoms with Crippen molar-refractivity contribution in [3.8, 4) is 11.5 Å². The topological polar surface area (TPSA) is 88.1 Å². The molecule has 1 fully saturated rings. The third-order valence-corrected chi connectivity index (χ3v) is 6.26. The first-order valence-electron chi connectivity index (χ1n) is 9.85. The number of esters is 1. The molecule has 0 spiro atoms. The summed E-state index contributed by atoms with van der Waals surface area (Å²) in [5.74, 6) is -0.218. The Hall–Kier alpha value is -2.22. The van der Waals surface area contributed by atoms with Crippen LogP contribution >= 0.6 is 15.9 Å². The average molecular weight is 467 g/mol. The van der Waals surface area contributed by atoms with Crippen LogP contribution in [0.4, 0.5) is 4.79 Å². The molecular weight excluding hydrogens is 440 g/mol. The van der Waals surface area contributed by atoms with E-state index in [-0.39, 0.29) is 23.6 Å². The number of methoxy groups -OCH3 is 1. The number of ether oxygens (including phenoxy) is 2. The van der Waals surface area contributed by atoms with Crippen molar-refractivity contribution in [2.24, 2.45) is 0 Å². The standard InChI is InChI=1S/C21H27BrN2O5/c1-12-17(20(26)29-14-8-6-4-5-7-9-14)18(23-21(27)24(12)2)13-10-15(22)19(25)16(11-13)28-3/h10-11,14,18,25H,4-9H2,1-3H3,(H,23,27)/t18-/m1/s1. The Balaban J connectivity index is 1.97. The molecule has 2 N–H and O–H groups in total. The highest BCUT2D eigenvalue weighted by molar-refractivity contribution is 9.10. The number of aromatic hydroxyl groups is 1. The van der Waals surface area contributed by atoms with Gasteiger partial charge < -0.3 is 24.8 Å². The SMILES string of the molecule is COc1cc([C@H]2NC(=O)N(C)C(C)=C2C(=O)OC2CCCCCC2)cc(Br)c1O. The number of nitrogens with zero attached hydrogens (tertiary/aromatic N) is 1. The number of rotatable bonds is 4. The smallest absolute Gasteiger partial charge is 0.338 e. The molecule has 0 saturated heterocycles. The summed E-state index contributed by atoms with van der Waals surface area (Å²) in [4.78, 5) is 27.0. The van der Waals surface area contributed by atoms with E-state index in [0.29, 0.717) is 21.3 Å². The molecule has 0 unspecified atom stereocenters. The highest BCUT2D eigenvalue weighted by Gasteiger charge is 2.36. The fraction of sp³-hybridized carbons (Fsp3) is 0.524. The second-order valence-corrected chi connectivity index (χ2v) is 8.37. The molecule has 29 heavy (non-hydrogen) atoms. The molecule has 0 bridgehead atoms. The minimum Gasteiger partial charge on any atom is -0.503 e. The molecule has 1 saturated carbocycles. The van der Waals surface area contributed by atoms with Crippen LogP contribution in [0.1, 0.15) is 57.1 Å². The number of amides is 2. The van der Waals surface area contributed by atoms with E-state index in [4.69, 9.17) is 9.47 Å². The summed E-state index contributed by atoms with van der Waals surface area (Å²) in [7, 11) is 3.06. The number of halogens is 1. The highest BCUT2D eigenvalue weighted by Crippen LogP contribution is 2.40. The van der Waals surface area contributed by atoms with Crippen LogP contribution in [0, 0.1) is 0 Å². The number of hydrogen-bond donors (Lipinski definition) is 2. The van der Waals surface area contributed by atoms with Gasteiger partial charge in [0.15, 0.2) is 11.5 Å². The van der Waals surface area contributed by atoms with Crippen molar-refractivity contribution in [3.05, 3.63) is 33.4 Å². The van der Waals surface area contributed by atoms with Gasteiger partial charge in [-0.2, -0.15) is 0 Å². The van der Waals surface area contributed by atoms with Gasteiger partial charge in [-0.3, -0.25) is 0 Å². The number of phenols is 1. The van der Waals surface area contributed by atoms with Crippen molar-refractivity contribution in [2.45, 2.75) is 57.6 Å². The Bertz CT molecular complexity index is 831. The fourth-order valence-electron chi connectivity index (χ4n) is 3.84. The molecule has 0 radical (unpaired) electrons. The number of allylic oxidation sites excluding steroid dienone is 1. The largest absolute Gasteiger partial charge is 0.503 e. The van der Waals surface area contributed by atoms with Crippen molar-refractivity contribution in [3.63, 3.8) is 0 Å². The second-order valence-electron chi connectivity index (χ2n) is 7.51. The van der Waals surface area contributed by atoms with E-state index in [0.717, 1.165) is 25.7 Å². The molecule has 1 atom stereocenters. The molecule has 158 valence electrons. The molecule has 1 aromatic rings. The highest BCUT2D eigenvalue weighted by atomic mass is 79.9. The zero-order valence-electron chi connectivity index (χ0n) is 17.0. The van der Waals surface area contributed by atoms with Crippen LogP contribution in [0.5, 0.6) is 11.5 Å². The van der Waals surface area contributed by atoms with Crippen LogP contribution in [0.3, 0.4) is 0 Å². The van der Waals surface area contributed by atoms with Crippen molar-refractivity contribution in [2.75, 3.05) is 14.2 Å². The molecule has 1 aliphatic carbocycles. The van der Waals surface area contributed by atoms with E-state index in [1.54, 1.807) is 26.1 Å². The second kappa shape index (κ2) is 9.07. The maximum absolute atomic E-state index is 13.2. The fourth-order valence-corrected chi connectivity index (χ4v) is 4.30. The number of carbonyl (C=O) groups is 2. The van der Waals surface area contributed by atoms with Gasteiger partial charge in [0, 0.05) is 12.7 Å². The lowest BCUT2D eigenvalue weighted by atomic mass is 9.94. The quantitative estimate of drug-likeness (QED) is 0.506. The van der Waals surface area contributed by atoms with Crippen LogP contribution in [-0.4, -0.2) is 42.3 Å². The van der Waals surface area contributed by atoms with Gasteiger partial charge in [-0.05, 0) is 66.2 Å². The zero-order chi connectivity index (χ0) is 21.1. The molecule has 1 heterocycles. The van der Waals surface area contributed by atoms with Crippen LogP contribution in [0.15, 0.2) is 27.9 Å². The van der Waals surface area contributed by atoms with Crippen molar-refractivity contribution < 1.29 is 24.2 Å². The van der Waals surface area contributed by atoms with Gasteiger partial charge in [0.1, 0.15) is 6.10 Å². The molecule has 0 aromatic heterocycles. The first-order chi connectivity index (χ1) is 13.8. The van der Waals surface area contributed by atoms with Crippen molar-refractivity contribution in [1.82, 2.24) is 10.2 Å². The summed E-state index contributed by atoms with van der Waals surface area (Å²) < 4.78 is 11.5. The van der Waals surface area contributed by atoms with Crippen molar-refractivity contribution in [1.29, 1.82) is 0 Å². The van der Waals surface area contributed by atoms with Crippen molar-refractivity contribution >= 4 is 27.9 Å². The predicted molar refractivity (Wildman–Crippen MR) is 112 cm³/mol. The summed E-state index contributed by atoms with van der Waals surface area (Å²) in [5, 5.41) is 13.0. The predicted octanol–water partition coefficient (Wildman–Crippen LogP) is 4.40. The minimum atomic E-state index is -0.706. The molecule has 7 nitrogen and oxygen atoms in total. The molecule has 2 amide bonds. The van der Waals surface area contributed by atoms with Gasteiger partial charge in [-0.25, -0.2) is 9.59 Å². The number of phenolic OH excluding ortho intramolecular Hbond substituents is 1. The maximum atomic E-state index is 13.2. The van der Waals surface area contributed by atoms with E-state index < -0.39 is 12.0 Å². The normalized spacial score (nSPS) is 20.9. The number of benzene rings is 1. The van der Waals surface area contributed by atoms with Gasteiger partial charge in [0.05, 0.1) is 23.2 Å². The van der Waals surface area contributed by atoms with E-state index in [1.807, 2.05) is 0 Å². The summed E-state index contributed by atoms with van der Waals surface area (Å²) in [6.07, 6.45) is 6.07. The molecule has 2 aliphatic rings. The van der Waals surface area contributed by atoms with Gasteiger partial charge >= 0.3 is 12.0 Å². The van der Waals surface area contributed by atoms with E-state index >= 15 is 0 Å². The van der Waals surface area contributed by atoms with Crippen LogP contribution in [0.25, 0.3) is 0 Å². The summed E-state index contributed by atoms with van der Waals surface area (Å²) >= 11 is 3.31. The monoisotopic (exact) mass is 466 g/mol. The maximum Gasteiger partial charge on any atom is 0.338 e. The Morgan fingerprint density at radius 3 is 2.52 bits per heavy atom. The molecule has 1 aromatic carbocycles. The Morgan fingerprint density at radius 2 is 1.90 bits per heavy atom. The zero-order valence-corrected chi connectivity index (χ0v) is 18.5. The Labute approximate surface area is 179 Å². The number of carbonyl (C=O) groups excluding carboxylic acids is 2. The molecule has 8 heteroatoms. The van der Waals surface area contributed by atoms with Gasteiger partial charge in [0.2, 0.25) is 0 Å². The number of urea groups is 1. The third kappa shape index (κ3) is 4.52. The van der Waals surface area contributed by atoms with Crippen LogP contribution < -0.4 is 10.1 Å². The van der Waals surface area contributed by atoms with Crippen LogP contribution in [0.2, 0.25) is 0 Å². The van der Waals surface area contributed by atoms with Gasteiger partial charge in [0.25, 0.3) is 0 Å². The average Bonchev–Trinajstić information content (AvgIpc) is 2.96. The Morgan fingerprint density at radius 1 is 1.24 bits per heavy atom. The first kappa shape index (κ1) is 21.5. The van der Waals surface area contributed by atoms with Gasteiger partial charge in [-0.15, -0.1) is 0 Å². The molecular formula is C21H27BrN2O5. The summed E-state index contributed by atoms with van der Waals surface area (Å²) in [5.41, 5.74) is 1.54. The Kier molecular flexibility index (Phi) is 6.72. The van der Waals surface area contributed by atoms with Crippen LogP contribution in [-0.2, 0) is 9.53 Å². The minimum absolute atomic E-state index is 0.0428. The lowest BCUT2D eigenvalue weighted by molar-refractivity contribution is -0.145. The summed E-state index contributed by atoms with van der Waals surface area (Å²) in [6, 6.07) is 2.26.